The number of pyridine rings is 1. The van der Waals surface area contributed by atoms with Gasteiger partial charge in [0, 0.05) is 28.4 Å². The Morgan fingerprint density at radius 1 is 1.00 bits per heavy atom. The molecule has 94 valence electrons. The third-order valence-corrected chi connectivity index (χ3v) is 2.77. The molecule has 0 amide bonds. The van der Waals surface area contributed by atoms with Gasteiger partial charge in [-0.15, -0.1) is 0 Å². The number of rotatable bonds is 1. The van der Waals surface area contributed by atoms with Crippen molar-refractivity contribution in [1.82, 2.24) is 4.98 Å². The highest BCUT2D eigenvalue weighted by Crippen LogP contribution is 2.26. The summed E-state index contributed by atoms with van der Waals surface area (Å²) in [6.45, 7) is 6.16. The van der Waals surface area contributed by atoms with Gasteiger partial charge in [-0.2, -0.15) is 0 Å². The zero-order valence-corrected chi connectivity index (χ0v) is 10.7. The number of nitrogens with zero attached hydrogens (tertiary/aromatic N) is 1. The number of halogens is 2. The molecule has 0 unspecified atom stereocenters. The molecule has 0 radical (unpaired) electrons. The highest BCUT2D eigenvalue weighted by molar-refractivity contribution is 5.63. The minimum Gasteiger partial charge on any atom is -0.260 e. The van der Waals surface area contributed by atoms with Gasteiger partial charge in [-0.25, -0.2) is 8.78 Å². The van der Waals surface area contributed by atoms with Crippen LogP contribution >= 0.6 is 0 Å². The molecule has 1 aromatic carbocycles. The minimum absolute atomic E-state index is 0.0565. The average Bonchev–Trinajstić information content (AvgIpc) is 2.31. The van der Waals surface area contributed by atoms with Gasteiger partial charge < -0.3 is 0 Å². The van der Waals surface area contributed by atoms with Crippen LogP contribution < -0.4 is 0 Å². The van der Waals surface area contributed by atoms with Crippen molar-refractivity contribution in [3.8, 4) is 11.1 Å². The maximum Gasteiger partial charge on any atom is 0.131 e. The molecule has 1 heterocycles. The van der Waals surface area contributed by atoms with E-state index in [0.29, 0.717) is 5.56 Å². The Labute approximate surface area is 105 Å². The molecule has 0 aliphatic heterocycles. The smallest absolute Gasteiger partial charge is 0.131 e. The first-order valence-corrected chi connectivity index (χ1v) is 5.80. The van der Waals surface area contributed by atoms with Crippen LogP contribution in [0.15, 0.2) is 36.5 Å². The van der Waals surface area contributed by atoms with Crippen molar-refractivity contribution >= 4 is 0 Å². The maximum absolute atomic E-state index is 13.6. The second kappa shape index (κ2) is 4.48. The Balaban J connectivity index is 2.43. The summed E-state index contributed by atoms with van der Waals surface area (Å²) in [5, 5.41) is 0. The molecule has 2 rings (SSSR count). The molecule has 0 spiro atoms. The van der Waals surface area contributed by atoms with Crippen LogP contribution in [0, 0.1) is 11.6 Å². The van der Waals surface area contributed by atoms with Crippen LogP contribution in [0.1, 0.15) is 26.5 Å². The van der Waals surface area contributed by atoms with E-state index in [0.717, 1.165) is 17.8 Å². The first kappa shape index (κ1) is 12.7. The predicted octanol–water partition coefficient (Wildman–Crippen LogP) is 4.32. The summed E-state index contributed by atoms with van der Waals surface area (Å²) in [6, 6.07) is 7.03. The third kappa shape index (κ3) is 2.55. The van der Waals surface area contributed by atoms with Crippen LogP contribution in [0.25, 0.3) is 11.1 Å². The maximum atomic E-state index is 13.6. The van der Waals surface area contributed by atoms with Gasteiger partial charge in [0.15, 0.2) is 0 Å². The molecule has 0 fully saturated rings. The second-order valence-corrected chi connectivity index (χ2v) is 5.31. The van der Waals surface area contributed by atoms with E-state index in [1.165, 1.54) is 6.07 Å². The molecule has 1 aromatic heterocycles. The van der Waals surface area contributed by atoms with Gasteiger partial charge in [0.2, 0.25) is 0 Å². The number of hydrogen-bond donors (Lipinski definition) is 0. The lowest BCUT2D eigenvalue weighted by Crippen LogP contribution is -2.12. The lowest BCUT2D eigenvalue weighted by Gasteiger charge is -2.17. The minimum atomic E-state index is -0.453. The molecular formula is C15H15F2N. The zero-order chi connectivity index (χ0) is 13.3. The van der Waals surface area contributed by atoms with Gasteiger partial charge in [0.1, 0.15) is 11.6 Å². The predicted molar refractivity (Wildman–Crippen MR) is 68.3 cm³/mol. The van der Waals surface area contributed by atoms with Gasteiger partial charge in [-0.1, -0.05) is 26.8 Å². The summed E-state index contributed by atoms with van der Waals surface area (Å²) < 4.78 is 26.7. The van der Waals surface area contributed by atoms with Crippen molar-refractivity contribution in [2.75, 3.05) is 0 Å². The Hall–Kier alpha value is -1.77. The van der Waals surface area contributed by atoms with Gasteiger partial charge in [-0.3, -0.25) is 4.98 Å². The highest BCUT2D eigenvalue weighted by Gasteiger charge is 2.15. The molecule has 3 heteroatoms. The van der Waals surface area contributed by atoms with E-state index in [1.54, 1.807) is 12.3 Å². The van der Waals surface area contributed by atoms with E-state index in [2.05, 4.69) is 25.8 Å². The standard InChI is InChI=1S/C15H15F2N/c1-15(2,3)14-7-4-10(9-18-14)12-8-11(16)5-6-13(12)17/h4-9H,1-3H3. The van der Waals surface area contributed by atoms with Crippen LogP contribution in [0.3, 0.4) is 0 Å². The van der Waals surface area contributed by atoms with Crippen LogP contribution in [-0.2, 0) is 5.41 Å². The fourth-order valence-corrected chi connectivity index (χ4v) is 1.72. The van der Waals surface area contributed by atoms with Gasteiger partial charge in [-0.05, 0) is 24.3 Å². The van der Waals surface area contributed by atoms with E-state index in [1.807, 2.05) is 6.07 Å². The lowest BCUT2D eigenvalue weighted by atomic mass is 9.91. The Morgan fingerprint density at radius 2 is 1.72 bits per heavy atom. The van der Waals surface area contributed by atoms with Crippen LogP contribution in [0.2, 0.25) is 0 Å². The fraction of sp³-hybridized carbons (Fsp3) is 0.267. The first-order chi connectivity index (χ1) is 8.38. The summed E-state index contributed by atoms with van der Waals surface area (Å²) in [6.07, 6.45) is 1.58. The van der Waals surface area contributed by atoms with Crippen molar-refractivity contribution < 1.29 is 8.78 Å². The quantitative estimate of drug-likeness (QED) is 0.731. The molecule has 0 N–H and O–H groups in total. The van der Waals surface area contributed by atoms with Crippen LogP contribution in [-0.4, -0.2) is 4.98 Å². The SMILES string of the molecule is CC(C)(C)c1ccc(-c2cc(F)ccc2F)cn1. The van der Waals surface area contributed by atoms with Crippen molar-refractivity contribution in [2.45, 2.75) is 26.2 Å². The zero-order valence-electron chi connectivity index (χ0n) is 10.7. The van der Waals surface area contributed by atoms with Crippen LogP contribution in [0.5, 0.6) is 0 Å². The van der Waals surface area contributed by atoms with E-state index >= 15 is 0 Å². The van der Waals surface area contributed by atoms with Crippen molar-refractivity contribution in [3.63, 3.8) is 0 Å². The fourth-order valence-electron chi connectivity index (χ4n) is 1.72. The summed E-state index contributed by atoms with van der Waals surface area (Å²) in [4.78, 5) is 4.31. The molecule has 0 aliphatic carbocycles. The van der Waals surface area contributed by atoms with Gasteiger partial charge >= 0.3 is 0 Å². The molecule has 1 nitrogen and oxygen atoms in total. The van der Waals surface area contributed by atoms with Crippen LogP contribution in [0.4, 0.5) is 8.78 Å². The molecule has 0 aliphatic rings. The monoisotopic (exact) mass is 247 g/mol. The molecule has 0 atom stereocenters. The summed E-state index contributed by atoms with van der Waals surface area (Å²) in [5.74, 6) is -0.895. The second-order valence-electron chi connectivity index (χ2n) is 5.31. The van der Waals surface area contributed by atoms with Gasteiger partial charge in [0.05, 0.1) is 0 Å². The first-order valence-electron chi connectivity index (χ1n) is 5.80. The normalized spacial score (nSPS) is 11.6. The Morgan fingerprint density at radius 3 is 2.28 bits per heavy atom. The molecule has 18 heavy (non-hydrogen) atoms. The summed E-state index contributed by atoms with van der Waals surface area (Å²) in [5.41, 5.74) is 1.69. The van der Waals surface area contributed by atoms with E-state index in [9.17, 15) is 8.78 Å². The highest BCUT2D eigenvalue weighted by atomic mass is 19.1. The summed E-state index contributed by atoms with van der Waals surface area (Å²) in [7, 11) is 0. The Kier molecular flexibility index (Phi) is 3.16. The molecular weight excluding hydrogens is 232 g/mol. The molecule has 0 saturated heterocycles. The molecule has 2 aromatic rings. The van der Waals surface area contributed by atoms with E-state index in [-0.39, 0.29) is 11.0 Å². The largest absolute Gasteiger partial charge is 0.260 e. The van der Waals surface area contributed by atoms with Crippen molar-refractivity contribution in [3.05, 3.63) is 53.9 Å². The van der Waals surface area contributed by atoms with E-state index < -0.39 is 11.6 Å². The van der Waals surface area contributed by atoms with E-state index in [4.69, 9.17) is 0 Å². The Bertz CT molecular complexity index is 554. The number of hydrogen-bond acceptors (Lipinski definition) is 1. The molecule has 0 saturated carbocycles. The van der Waals surface area contributed by atoms with Gasteiger partial charge in [0.25, 0.3) is 0 Å². The number of aromatic nitrogens is 1. The topological polar surface area (TPSA) is 12.9 Å². The lowest BCUT2D eigenvalue weighted by molar-refractivity contribution is 0.569. The number of benzene rings is 1. The van der Waals surface area contributed by atoms with Crippen molar-refractivity contribution in [2.24, 2.45) is 0 Å². The molecule has 0 bridgehead atoms. The van der Waals surface area contributed by atoms with Crippen molar-refractivity contribution in [1.29, 1.82) is 0 Å². The summed E-state index contributed by atoms with van der Waals surface area (Å²) >= 11 is 0. The third-order valence-electron chi connectivity index (χ3n) is 2.77. The average molecular weight is 247 g/mol.